The van der Waals surface area contributed by atoms with E-state index < -0.39 is 0 Å². The topological polar surface area (TPSA) is 74.2 Å². The smallest absolute Gasteiger partial charge is 0.214 e. The van der Waals surface area contributed by atoms with Crippen molar-refractivity contribution in [1.82, 2.24) is 9.66 Å². The number of rotatable bonds is 6. The van der Waals surface area contributed by atoms with Gasteiger partial charge in [-0.1, -0.05) is 18.2 Å². The Balaban J connectivity index is 1.23. The van der Waals surface area contributed by atoms with E-state index in [1.807, 2.05) is 24.4 Å². The first kappa shape index (κ1) is 21.6. The minimum Gasteiger partial charge on any atom is -0.496 e. The Labute approximate surface area is 203 Å². The Morgan fingerprint density at radius 2 is 1.97 bits per heavy atom. The average molecular weight is 473 g/mol. The predicted molar refractivity (Wildman–Crippen MR) is 134 cm³/mol. The van der Waals surface area contributed by atoms with Gasteiger partial charge in [0.25, 0.3) is 0 Å². The van der Waals surface area contributed by atoms with Crippen molar-refractivity contribution in [1.29, 1.82) is 0 Å². The molecule has 1 atom stereocenters. The molecule has 180 valence electrons. The van der Waals surface area contributed by atoms with E-state index in [4.69, 9.17) is 18.6 Å². The normalized spacial score (nSPS) is 17.4. The van der Waals surface area contributed by atoms with Crippen molar-refractivity contribution in [3.8, 4) is 23.0 Å². The minimum absolute atomic E-state index is 0.445. The summed E-state index contributed by atoms with van der Waals surface area (Å²) < 4.78 is 25.0. The summed E-state index contributed by atoms with van der Waals surface area (Å²) in [6.45, 7) is 2.71. The molecule has 2 aromatic carbocycles. The van der Waals surface area contributed by atoms with Crippen LogP contribution in [0.25, 0.3) is 22.4 Å². The maximum atomic E-state index is 6.39. The quantitative estimate of drug-likeness (QED) is 0.395. The van der Waals surface area contributed by atoms with Crippen molar-refractivity contribution in [2.24, 2.45) is 11.0 Å². The SMILES string of the molecule is COC1=Nn2cc(-c3cc4c(OC[C@H]5CCCN(c6ccccc6)C5)cc(OC)cc4o3)nc2C1. The number of hydrogen-bond acceptors (Lipinski definition) is 7. The van der Waals surface area contributed by atoms with Crippen molar-refractivity contribution in [3.63, 3.8) is 0 Å². The molecule has 0 bridgehead atoms. The van der Waals surface area contributed by atoms with Crippen LogP contribution in [0, 0.1) is 5.92 Å². The Kier molecular flexibility index (Phi) is 5.56. The van der Waals surface area contributed by atoms with Gasteiger partial charge in [-0.25, -0.2) is 9.66 Å². The summed E-state index contributed by atoms with van der Waals surface area (Å²) >= 11 is 0. The third-order valence-corrected chi connectivity index (χ3v) is 6.70. The van der Waals surface area contributed by atoms with Crippen LogP contribution in [0.5, 0.6) is 11.5 Å². The van der Waals surface area contributed by atoms with Gasteiger partial charge in [-0.2, -0.15) is 0 Å². The van der Waals surface area contributed by atoms with Gasteiger partial charge in [-0.3, -0.25) is 0 Å². The molecule has 0 unspecified atom stereocenters. The fraction of sp³-hybridized carbons (Fsp3) is 0.333. The Bertz CT molecular complexity index is 1370. The molecule has 2 aromatic heterocycles. The molecule has 0 radical (unpaired) electrons. The second kappa shape index (κ2) is 9.02. The van der Waals surface area contributed by atoms with Crippen molar-refractivity contribution in [2.45, 2.75) is 19.3 Å². The monoisotopic (exact) mass is 472 g/mol. The number of nitrogens with zero attached hydrogens (tertiary/aromatic N) is 4. The maximum absolute atomic E-state index is 6.39. The molecule has 2 aliphatic heterocycles. The van der Waals surface area contributed by atoms with Crippen molar-refractivity contribution < 1.29 is 18.6 Å². The Morgan fingerprint density at radius 1 is 1.09 bits per heavy atom. The Hall–Kier alpha value is -3.94. The molecule has 4 heterocycles. The number of benzene rings is 2. The summed E-state index contributed by atoms with van der Waals surface area (Å²) in [5.41, 5.74) is 2.71. The number of hydrogen-bond donors (Lipinski definition) is 0. The molecular weight excluding hydrogens is 444 g/mol. The van der Waals surface area contributed by atoms with Crippen molar-refractivity contribution >= 4 is 22.6 Å². The second-order valence-corrected chi connectivity index (χ2v) is 9.01. The second-order valence-electron chi connectivity index (χ2n) is 9.01. The number of aromatic nitrogens is 2. The summed E-state index contributed by atoms with van der Waals surface area (Å²) in [5, 5.41) is 5.29. The number of anilines is 1. The van der Waals surface area contributed by atoms with Crippen LogP contribution >= 0.6 is 0 Å². The van der Waals surface area contributed by atoms with E-state index in [1.165, 1.54) is 5.69 Å². The van der Waals surface area contributed by atoms with E-state index in [9.17, 15) is 0 Å². The van der Waals surface area contributed by atoms with Gasteiger partial charge in [-0.15, -0.1) is 5.10 Å². The van der Waals surface area contributed by atoms with E-state index in [0.29, 0.717) is 41.9 Å². The van der Waals surface area contributed by atoms with Gasteiger partial charge in [-0.05, 0) is 31.0 Å². The van der Waals surface area contributed by atoms with Crippen LogP contribution in [0.3, 0.4) is 0 Å². The molecule has 2 aliphatic rings. The van der Waals surface area contributed by atoms with Crippen molar-refractivity contribution in [3.05, 3.63) is 60.6 Å². The lowest BCUT2D eigenvalue weighted by Gasteiger charge is -2.34. The molecule has 35 heavy (non-hydrogen) atoms. The summed E-state index contributed by atoms with van der Waals surface area (Å²) in [7, 11) is 3.27. The van der Waals surface area contributed by atoms with Gasteiger partial charge in [0.2, 0.25) is 5.90 Å². The van der Waals surface area contributed by atoms with Crippen LogP contribution in [0.1, 0.15) is 18.7 Å². The first-order valence-electron chi connectivity index (χ1n) is 11.9. The summed E-state index contributed by atoms with van der Waals surface area (Å²) in [6.07, 6.45) is 4.74. The third-order valence-electron chi connectivity index (χ3n) is 6.70. The van der Waals surface area contributed by atoms with Crippen LogP contribution in [0.15, 0.2) is 64.2 Å². The van der Waals surface area contributed by atoms with E-state index in [2.05, 4.69) is 45.3 Å². The highest BCUT2D eigenvalue weighted by Gasteiger charge is 2.23. The van der Waals surface area contributed by atoms with Gasteiger partial charge in [0.15, 0.2) is 5.76 Å². The minimum atomic E-state index is 0.445. The summed E-state index contributed by atoms with van der Waals surface area (Å²) in [5.74, 6) is 4.05. The number of piperidine rings is 1. The van der Waals surface area contributed by atoms with Crippen LogP contribution < -0.4 is 14.4 Å². The molecule has 1 saturated heterocycles. The predicted octanol–water partition coefficient (Wildman–Crippen LogP) is 4.96. The van der Waals surface area contributed by atoms with Gasteiger partial charge < -0.3 is 23.5 Å². The van der Waals surface area contributed by atoms with Crippen LogP contribution in [0.2, 0.25) is 0 Å². The number of fused-ring (bicyclic) bond motifs is 2. The summed E-state index contributed by atoms with van der Waals surface area (Å²) in [6, 6.07) is 16.4. The molecule has 0 N–H and O–H groups in total. The highest BCUT2D eigenvalue weighted by molar-refractivity contribution is 5.89. The van der Waals surface area contributed by atoms with E-state index in [0.717, 1.165) is 48.6 Å². The number of furan rings is 1. The molecular formula is C27H28N4O4. The molecule has 4 aromatic rings. The van der Waals surface area contributed by atoms with E-state index in [-0.39, 0.29) is 0 Å². The van der Waals surface area contributed by atoms with Crippen LogP contribution in [0.4, 0.5) is 5.69 Å². The third kappa shape index (κ3) is 4.20. The molecule has 0 saturated carbocycles. The zero-order valence-electron chi connectivity index (χ0n) is 19.9. The average Bonchev–Trinajstić information content (AvgIpc) is 3.60. The highest BCUT2D eigenvalue weighted by Crippen LogP contribution is 2.37. The Morgan fingerprint density at radius 3 is 2.77 bits per heavy atom. The van der Waals surface area contributed by atoms with Gasteiger partial charge >= 0.3 is 0 Å². The largest absolute Gasteiger partial charge is 0.496 e. The molecule has 0 spiro atoms. The fourth-order valence-corrected chi connectivity index (χ4v) is 4.87. The van der Waals surface area contributed by atoms with E-state index >= 15 is 0 Å². The molecule has 0 aliphatic carbocycles. The standard InChI is InChI=1S/C27H28N4O4/c1-32-20-11-23(34-17-18-7-6-10-30(15-18)19-8-4-3-5-9-19)21-13-25(35-24(21)12-20)22-16-31-26(28-22)14-27(29-31)33-2/h3-5,8-9,11-13,16,18H,6-7,10,14-15,17H2,1-2H3/t18-/m0/s1. The lowest BCUT2D eigenvalue weighted by molar-refractivity contribution is 0.230. The first-order chi connectivity index (χ1) is 17.2. The molecule has 0 amide bonds. The molecule has 8 heteroatoms. The molecule has 1 fully saturated rings. The molecule has 6 rings (SSSR count). The number of para-hydroxylation sites is 1. The van der Waals surface area contributed by atoms with Gasteiger partial charge in [0, 0.05) is 36.8 Å². The number of methoxy groups -OCH3 is 2. The maximum Gasteiger partial charge on any atom is 0.214 e. The van der Waals surface area contributed by atoms with Crippen molar-refractivity contribution in [2.75, 3.05) is 38.8 Å². The number of imidazole rings is 1. The molecule has 8 nitrogen and oxygen atoms in total. The van der Waals surface area contributed by atoms with Crippen LogP contribution in [-0.4, -0.2) is 49.5 Å². The zero-order chi connectivity index (χ0) is 23.8. The fourth-order valence-electron chi connectivity index (χ4n) is 4.87. The first-order valence-corrected chi connectivity index (χ1v) is 11.9. The highest BCUT2D eigenvalue weighted by atomic mass is 16.5. The summed E-state index contributed by atoms with van der Waals surface area (Å²) in [4.78, 5) is 7.13. The van der Waals surface area contributed by atoms with Crippen LogP contribution in [-0.2, 0) is 11.2 Å². The van der Waals surface area contributed by atoms with E-state index in [1.54, 1.807) is 18.9 Å². The lowest BCUT2D eigenvalue weighted by Crippen LogP contribution is -2.37. The zero-order valence-corrected chi connectivity index (χ0v) is 19.9. The van der Waals surface area contributed by atoms with Gasteiger partial charge in [0.05, 0.1) is 38.8 Å². The van der Waals surface area contributed by atoms with Gasteiger partial charge in [0.1, 0.15) is 28.6 Å². The number of ether oxygens (including phenoxy) is 3. The lowest BCUT2D eigenvalue weighted by atomic mass is 9.98.